The van der Waals surface area contributed by atoms with Crippen LogP contribution in [0, 0.1) is 0 Å². The van der Waals surface area contributed by atoms with Gasteiger partial charge in [-0.2, -0.15) is 13.2 Å². The zero-order valence-corrected chi connectivity index (χ0v) is 11.9. The van der Waals surface area contributed by atoms with Crippen LogP contribution < -0.4 is 0 Å². The van der Waals surface area contributed by atoms with Gasteiger partial charge in [-0.3, -0.25) is 9.80 Å². The summed E-state index contributed by atoms with van der Waals surface area (Å²) in [4.78, 5) is 3.79. The molecule has 1 atom stereocenters. The molecule has 1 aromatic rings. The summed E-state index contributed by atoms with van der Waals surface area (Å²) in [5.41, 5.74) is 1.15. The SMILES string of the molecule is O[C@H]1CN(CCC(F)(F)F)CCN(Cc2ccccc2)C1. The van der Waals surface area contributed by atoms with Crippen molar-refractivity contribution in [3.05, 3.63) is 35.9 Å². The lowest BCUT2D eigenvalue weighted by molar-refractivity contribution is -0.138. The molecule has 1 aromatic carbocycles. The first-order chi connectivity index (χ1) is 9.92. The number of halogens is 3. The lowest BCUT2D eigenvalue weighted by Gasteiger charge is -2.22. The number of aliphatic hydroxyl groups excluding tert-OH is 1. The molecule has 1 heterocycles. The van der Waals surface area contributed by atoms with Crippen LogP contribution in [-0.2, 0) is 6.54 Å². The van der Waals surface area contributed by atoms with Crippen LogP contribution in [0.3, 0.4) is 0 Å². The molecule has 1 saturated heterocycles. The minimum atomic E-state index is -4.14. The second kappa shape index (κ2) is 7.24. The summed E-state index contributed by atoms with van der Waals surface area (Å²) < 4.78 is 36.8. The van der Waals surface area contributed by atoms with E-state index in [-0.39, 0.29) is 6.54 Å². The van der Waals surface area contributed by atoms with E-state index >= 15 is 0 Å². The fourth-order valence-corrected chi connectivity index (χ4v) is 2.59. The predicted molar refractivity (Wildman–Crippen MR) is 74.8 cm³/mol. The molecule has 3 nitrogen and oxygen atoms in total. The normalized spacial score (nSPS) is 22.2. The van der Waals surface area contributed by atoms with E-state index in [2.05, 4.69) is 4.90 Å². The van der Waals surface area contributed by atoms with Crippen LogP contribution in [0.2, 0.25) is 0 Å². The number of β-amino-alcohol motifs (C(OH)–C–C–N with tert-alkyl or cyclic N) is 1. The molecule has 0 aromatic heterocycles. The topological polar surface area (TPSA) is 26.7 Å². The average molecular weight is 302 g/mol. The predicted octanol–water partition coefficient (Wildman–Crippen LogP) is 2.12. The number of aliphatic hydroxyl groups is 1. The van der Waals surface area contributed by atoms with Crippen LogP contribution in [0.4, 0.5) is 13.2 Å². The maximum Gasteiger partial charge on any atom is 0.390 e. The summed E-state index contributed by atoms with van der Waals surface area (Å²) in [6, 6.07) is 9.88. The molecule has 21 heavy (non-hydrogen) atoms. The van der Waals surface area contributed by atoms with Gasteiger partial charge in [0, 0.05) is 39.3 Å². The van der Waals surface area contributed by atoms with E-state index in [0.717, 1.165) is 5.56 Å². The minimum absolute atomic E-state index is 0.0419. The van der Waals surface area contributed by atoms with E-state index in [0.29, 0.717) is 32.7 Å². The van der Waals surface area contributed by atoms with Gasteiger partial charge in [-0.1, -0.05) is 30.3 Å². The van der Waals surface area contributed by atoms with E-state index in [1.807, 2.05) is 30.3 Å². The molecule has 6 heteroatoms. The van der Waals surface area contributed by atoms with Gasteiger partial charge in [0.25, 0.3) is 0 Å². The Labute approximate surface area is 123 Å². The largest absolute Gasteiger partial charge is 0.390 e. The van der Waals surface area contributed by atoms with Crippen LogP contribution in [0.15, 0.2) is 30.3 Å². The Morgan fingerprint density at radius 2 is 1.67 bits per heavy atom. The highest BCUT2D eigenvalue weighted by molar-refractivity contribution is 5.14. The van der Waals surface area contributed by atoms with Gasteiger partial charge >= 0.3 is 6.18 Å². The van der Waals surface area contributed by atoms with E-state index in [9.17, 15) is 18.3 Å². The fraction of sp³-hybridized carbons (Fsp3) is 0.600. The van der Waals surface area contributed by atoms with Crippen molar-refractivity contribution >= 4 is 0 Å². The molecule has 0 aliphatic carbocycles. The summed E-state index contributed by atoms with van der Waals surface area (Å²) in [5.74, 6) is 0. The molecule has 0 bridgehead atoms. The van der Waals surface area contributed by atoms with Gasteiger partial charge in [0.05, 0.1) is 12.5 Å². The molecule has 1 fully saturated rings. The molecular weight excluding hydrogens is 281 g/mol. The molecule has 118 valence electrons. The smallest absolute Gasteiger partial charge is 0.390 e. The molecule has 0 radical (unpaired) electrons. The molecule has 1 N–H and O–H groups in total. The second-order valence-corrected chi connectivity index (χ2v) is 5.54. The number of hydrogen-bond acceptors (Lipinski definition) is 3. The number of rotatable bonds is 4. The quantitative estimate of drug-likeness (QED) is 0.923. The van der Waals surface area contributed by atoms with Crippen LogP contribution >= 0.6 is 0 Å². The van der Waals surface area contributed by atoms with Crippen molar-refractivity contribution in [3.8, 4) is 0 Å². The van der Waals surface area contributed by atoms with Crippen LogP contribution in [-0.4, -0.2) is 59.9 Å². The van der Waals surface area contributed by atoms with E-state index < -0.39 is 18.7 Å². The van der Waals surface area contributed by atoms with E-state index in [1.54, 1.807) is 4.90 Å². The van der Waals surface area contributed by atoms with Gasteiger partial charge in [0.1, 0.15) is 0 Å². The number of hydrogen-bond donors (Lipinski definition) is 1. The van der Waals surface area contributed by atoms with Crippen molar-refractivity contribution in [3.63, 3.8) is 0 Å². The first-order valence-electron chi connectivity index (χ1n) is 7.16. The van der Waals surface area contributed by atoms with Gasteiger partial charge in [-0.25, -0.2) is 0 Å². The molecule has 2 rings (SSSR count). The Bertz CT molecular complexity index is 425. The van der Waals surface area contributed by atoms with Crippen molar-refractivity contribution in [2.75, 3.05) is 32.7 Å². The lowest BCUT2D eigenvalue weighted by atomic mass is 10.2. The molecule has 0 unspecified atom stereocenters. The lowest BCUT2D eigenvalue weighted by Crippen LogP contribution is -2.35. The molecule has 1 aliphatic rings. The van der Waals surface area contributed by atoms with Crippen LogP contribution in [0.1, 0.15) is 12.0 Å². The monoisotopic (exact) mass is 302 g/mol. The van der Waals surface area contributed by atoms with E-state index in [1.165, 1.54) is 0 Å². The second-order valence-electron chi connectivity index (χ2n) is 5.54. The Hall–Kier alpha value is -1.11. The average Bonchev–Trinajstić information content (AvgIpc) is 2.58. The van der Waals surface area contributed by atoms with Gasteiger partial charge in [0.15, 0.2) is 0 Å². The highest BCUT2D eigenvalue weighted by atomic mass is 19.4. The van der Waals surface area contributed by atoms with Crippen molar-refractivity contribution in [1.82, 2.24) is 9.80 Å². The van der Waals surface area contributed by atoms with Gasteiger partial charge in [-0.05, 0) is 5.56 Å². The summed E-state index contributed by atoms with van der Waals surface area (Å²) in [6.07, 6.45) is -5.57. The molecule has 0 spiro atoms. The Morgan fingerprint density at radius 1 is 1.05 bits per heavy atom. The van der Waals surface area contributed by atoms with Crippen molar-refractivity contribution in [2.45, 2.75) is 25.2 Å². The van der Waals surface area contributed by atoms with Crippen LogP contribution in [0.25, 0.3) is 0 Å². The first kappa shape index (κ1) is 16.3. The summed E-state index contributed by atoms with van der Waals surface area (Å²) >= 11 is 0. The maximum absolute atomic E-state index is 12.3. The Morgan fingerprint density at radius 3 is 2.33 bits per heavy atom. The summed E-state index contributed by atoms with van der Waals surface area (Å²) in [7, 11) is 0. The number of nitrogens with zero attached hydrogens (tertiary/aromatic N) is 2. The van der Waals surface area contributed by atoms with Gasteiger partial charge < -0.3 is 5.11 Å². The third-order valence-electron chi connectivity index (χ3n) is 3.63. The van der Waals surface area contributed by atoms with Crippen molar-refractivity contribution in [2.24, 2.45) is 0 Å². The third-order valence-corrected chi connectivity index (χ3v) is 3.63. The summed E-state index contributed by atoms with van der Waals surface area (Å²) in [5, 5.41) is 9.97. The maximum atomic E-state index is 12.3. The minimum Gasteiger partial charge on any atom is -0.390 e. The number of benzene rings is 1. The molecule has 0 amide bonds. The highest BCUT2D eigenvalue weighted by Crippen LogP contribution is 2.20. The van der Waals surface area contributed by atoms with Crippen molar-refractivity contribution < 1.29 is 18.3 Å². The zero-order chi connectivity index (χ0) is 15.3. The van der Waals surface area contributed by atoms with E-state index in [4.69, 9.17) is 0 Å². The van der Waals surface area contributed by atoms with Crippen LogP contribution in [0.5, 0.6) is 0 Å². The first-order valence-corrected chi connectivity index (χ1v) is 7.16. The highest BCUT2D eigenvalue weighted by Gasteiger charge is 2.29. The summed E-state index contributed by atoms with van der Waals surface area (Å²) in [6.45, 7) is 2.70. The Balaban J connectivity index is 1.85. The van der Waals surface area contributed by atoms with Gasteiger partial charge in [0.2, 0.25) is 0 Å². The van der Waals surface area contributed by atoms with Crippen molar-refractivity contribution in [1.29, 1.82) is 0 Å². The van der Waals surface area contributed by atoms with Gasteiger partial charge in [-0.15, -0.1) is 0 Å². The molecule has 1 aliphatic heterocycles. The number of alkyl halides is 3. The Kier molecular flexibility index (Phi) is 5.61. The zero-order valence-electron chi connectivity index (χ0n) is 11.9. The third kappa shape index (κ3) is 6.03. The fourth-order valence-electron chi connectivity index (χ4n) is 2.59. The molecular formula is C15H21F3N2O. The molecule has 0 saturated carbocycles. The standard InChI is InChI=1S/C15H21F3N2O/c16-15(17,18)6-7-19-8-9-20(12-14(21)11-19)10-13-4-2-1-3-5-13/h1-5,14,21H,6-12H2/t14-/m0/s1.